The average Bonchev–Trinajstić information content (AvgIpc) is 2.63. The molecule has 25 heavy (non-hydrogen) atoms. The second-order valence-electron chi connectivity index (χ2n) is 5.76. The van der Waals surface area contributed by atoms with Crippen molar-refractivity contribution in [2.24, 2.45) is 0 Å². The molecule has 1 N–H and O–H groups in total. The molecule has 4 heteroatoms. The van der Waals surface area contributed by atoms with Crippen LogP contribution in [-0.2, 0) is 19.7 Å². The van der Waals surface area contributed by atoms with E-state index in [1.54, 1.807) is 6.07 Å². The summed E-state index contributed by atoms with van der Waals surface area (Å²) >= 11 is 6.00. The molecule has 0 aliphatic heterocycles. The van der Waals surface area contributed by atoms with Gasteiger partial charge in [0.2, 0.25) is 0 Å². The first-order valence-corrected chi connectivity index (χ1v) is 8.49. The molecule has 128 valence electrons. The van der Waals surface area contributed by atoms with Crippen LogP contribution < -0.4 is 10.1 Å². The van der Waals surface area contributed by atoms with Gasteiger partial charge in [0, 0.05) is 18.7 Å². The number of benzene rings is 3. The molecule has 3 rings (SSSR count). The van der Waals surface area contributed by atoms with Gasteiger partial charge in [-0.1, -0.05) is 60.1 Å². The van der Waals surface area contributed by atoms with E-state index in [1.165, 1.54) is 23.3 Å². The van der Waals surface area contributed by atoms with Crippen LogP contribution in [0.15, 0.2) is 72.8 Å². The van der Waals surface area contributed by atoms with Crippen LogP contribution >= 0.6 is 11.6 Å². The Morgan fingerprint density at radius 1 is 0.840 bits per heavy atom. The third kappa shape index (κ3) is 5.31. The van der Waals surface area contributed by atoms with E-state index in [-0.39, 0.29) is 5.82 Å². The standard InChI is InChI=1S/C21H19ClFNO/c22-21-12-19(23)9-8-18(21)15-25-20-10-6-17(7-11-20)14-24-13-16-4-2-1-3-5-16/h1-12,24H,13-15H2. The lowest BCUT2D eigenvalue weighted by Crippen LogP contribution is -2.12. The van der Waals surface area contributed by atoms with Crippen molar-refractivity contribution in [3.63, 3.8) is 0 Å². The van der Waals surface area contributed by atoms with Gasteiger partial charge in [0.05, 0.1) is 5.02 Å². The Kier molecular flexibility index (Phi) is 6.04. The Balaban J connectivity index is 1.48. The minimum atomic E-state index is -0.346. The van der Waals surface area contributed by atoms with E-state index in [2.05, 4.69) is 17.4 Å². The molecule has 3 aromatic rings. The van der Waals surface area contributed by atoms with Crippen molar-refractivity contribution in [2.75, 3.05) is 0 Å². The van der Waals surface area contributed by atoms with Gasteiger partial charge in [0.1, 0.15) is 18.2 Å². The van der Waals surface area contributed by atoms with E-state index in [9.17, 15) is 4.39 Å². The molecule has 0 spiro atoms. The first-order chi connectivity index (χ1) is 12.2. The van der Waals surface area contributed by atoms with Gasteiger partial charge in [0.25, 0.3) is 0 Å². The van der Waals surface area contributed by atoms with Crippen LogP contribution in [0.5, 0.6) is 5.75 Å². The van der Waals surface area contributed by atoms with Crippen LogP contribution in [0.1, 0.15) is 16.7 Å². The normalized spacial score (nSPS) is 10.6. The Morgan fingerprint density at radius 3 is 2.20 bits per heavy atom. The van der Waals surface area contributed by atoms with Gasteiger partial charge >= 0.3 is 0 Å². The number of ether oxygens (including phenoxy) is 1. The first-order valence-electron chi connectivity index (χ1n) is 8.11. The van der Waals surface area contributed by atoms with Crippen molar-refractivity contribution in [1.82, 2.24) is 5.32 Å². The zero-order valence-corrected chi connectivity index (χ0v) is 14.5. The fourth-order valence-corrected chi connectivity index (χ4v) is 2.67. The molecule has 0 unspecified atom stereocenters. The summed E-state index contributed by atoms with van der Waals surface area (Å²) in [7, 11) is 0. The van der Waals surface area contributed by atoms with Crippen LogP contribution in [-0.4, -0.2) is 0 Å². The third-order valence-electron chi connectivity index (χ3n) is 3.83. The summed E-state index contributed by atoms with van der Waals surface area (Å²) in [4.78, 5) is 0. The Labute approximate surface area is 152 Å². The molecule has 0 heterocycles. The summed E-state index contributed by atoms with van der Waals surface area (Å²) in [6.45, 7) is 1.94. The summed E-state index contributed by atoms with van der Waals surface area (Å²) in [5.74, 6) is 0.410. The van der Waals surface area contributed by atoms with Crippen LogP contribution in [0.25, 0.3) is 0 Å². The SMILES string of the molecule is Fc1ccc(COc2ccc(CNCc3ccccc3)cc2)c(Cl)c1. The number of hydrogen-bond acceptors (Lipinski definition) is 2. The molecule has 0 aliphatic carbocycles. The number of halogens is 2. The maximum Gasteiger partial charge on any atom is 0.124 e. The van der Waals surface area contributed by atoms with Crippen LogP contribution in [0.3, 0.4) is 0 Å². The van der Waals surface area contributed by atoms with E-state index in [0.29, 0.717) is 11.6 Å². The fraction of sp³-hybridized carbons (Fsp3) is 0.143. The van der Waals surface area contributed by atoms with Gasteiger partial charge in [-0.15, -0.1) is 0 Å². The Hall–Kier alpha value is -2.36. The highest BCUT2D eigenvalue weighted by Crippen LogP contribution is 2.20. The highest BCUT2D eigenvalue weighted by Gasteiger charge is 2.03. The van der Waals surface area contributed by atoms with E-state index in [1.807, 2.05) is 42.5 Å². The lowest BCUT2D eigenvalue weighted by atomic mass is 10.2. The van der Waals surface area contributed by atoms with Crippen molar-refractivity contribution in [1.29, 1.82) is 0 Å². The molecule has 0 saturated carbocycles. The lowest BCUT2D eigenvalue weighted by Gasteiger charge is -2.09. The molecule has 0 atom stereocenters. The lowest BCUT2D eigenvalue weighted by molar-refractivity contribution is 0.306. The molecular weight excluding hydrogens is 337 g/mol. The second kappa shape index (κ2) is 8.65. The minimum Gasteiger partial charge on any atom is -0.489 e. The number of rotatable bonds is 7. The average molecular weight is 356 g/mol. The maximum atomic E-state index is 13.0. The Morgan fingerprint density at radius 2 is 1.52 bits per heavy atom. The minimum absolute atomic E-state index is 0.310. The van der Waals surface area contributed by atoms with Crippen LogP contribution in [0.2, 0.25) is 5.02 Å². The summed E-state index contributed by atoms with van der Waals surface area (Å²) in [6.07, 6.45) is 0. The van der Waals surface area contributed by atoms with E-state index >= 15 is 0 Å². The van der Waals surface area contributed by atoms with E-state index < -0.39 is 0 Å². The fourth-order valence-electron chi connectivity index (χ4n) is 2.45. The molecular formula is C21H19ClFNO. The third-order valence-corrected chi connectivity index (χ3v) is 4.19. The quantitative estimate of drug-likeness (QED) is 0.617. The van der Waals surface area contributed by atoms with Crippen molar-refractivity contribution in [3.05, 3.63) is 100 Å². The summed E-state index contributed by atoms with van der Waals surface area (Å²) in [5.41, 5.74) is 3.21. The topological polar surface area (TPSA) is 21.3 Å². The molecule has 0 amide bonds. The molecule has 0 saturated heterocycles. The molecule has 0 fully saturated rings. The zero-order chi connectivity index (χ0) is 17.5. The van der Waals surface area contributed by atoms with Crippen LogP contribution in [0, 0.1) is 5.82 Å². The van der Waals surface area contributed by atoms with Gasteiger partial charge in [-0.05, 0) is 35.4 Å². The smallest absolute Gasteiger partial charge is 0.124 e. The van der Waals surface area contributed by atoms with Gasteiger partial charge in [-0.3, -0.25) is 0 Å². The maximum absolute atomic E-state index is 13.0. The summed E-state index contributed by atoms with van der Waals surface area (Å²) < 4.78 is 18.7. The highest BCUT2D eigenvalue weighted by molar-refractivity contribution is 6.31. The monoisotopic (exact) mass is 355 g/mol. The van der Waals surface area contributed by atoms with Crippen molar-refractivity contribution in [3.8, 4) is 5.75 Å². The summed E-state index contributed by atoms with van der Waals surface area (Å²) in [5, 5.41) is 3.79. The van der Waals surface area contributed by atoms with Crippen molar-refractivity contribution in [2.45, 2.75) is 19.7 Å². The molecule has 2 nitrogen and oxygen atoms in total. The second-order valence-corrected chi connectivity index (χ2v) is 6.16. The van der Waals surface area contributed by atoms with Gasteiger partial charge in [-0.2, -0.15) is 0 Å². The molecule has 3 aromatic carbocycles. The Bertz CT molecular complexity index is 806. The molecule has 0 aromatic heterocycles. The number of nitrogens with one attached hydrogen (secondary N) is 1. The summed E-state index contributed by atoms with van der Waals surface area (Å²) in [6, 6.07) is 22.5. The molecule has 0 bridgehead atoms. The van der Waals surface area contributed by atoms with E-state index in [4.69, 9.17) is 16.3 Å². The van der Waals surface area contributed by atoms with Gasteiger partial charge in [0.15, 0.2) is 0 Å². The zero-order valence-electron chi connectivity index (χ0n) is 13.7. The van der Waals surface area contributed by atoms with Crippen LogP contribution in [0.4, 0.5) is 4.39 Å². The predicted octanol–water partition coefficient (Wildman–Crippen LogP) is 5.35. The molecule has 0 aliphatic rings. The predicted molar refractivity (Wildman–Crippen MR) is 99.2 cm³/mol. The molecule has 0 radical (unpaired) electrons. The number of hydrogen-bond donors (Lipinski definition) is 1. The largest absolute Gasteiger partial charge is 0.489 e. The van der Waals surface area contributed by atoms with Crippen molar-refractivity contribution < 1.29 is 9.13 Å². The van der Waals surface area contributed by atoms with Gasteiger partial charge < -0.3 is 10.1 Å². The van der Waals surface area contributed by atoms with Gasteiger partial charge in [-0.25, -0.2) is 4.39 Å². The first kappa shape index (κ1) is 17.5. The highest BCUT2D eigenvalue weighted by atomic mass is 35.5. The van der Waals surface area contributed by atoms with E-state index in [0.717, 1.165) is 24.4 Å². The van der Waals surface area contributed by atoms with Crippen molar-refractivity contribution >= 4 is 11.6 Å².